The maximum Gasteiger partial charge on any atom is 0.192 e. The van der Waals surface area contributed by atoms with Gasteiger partial charge in [-0.2, -0.15) is 0 Å². The summed E-state index contributed by atoms with van der Waals surface area (Å²) < 4.78 is 11.2. The molecule has 0 aromatic carbocycles. The molecule has 0 aromatic heterocycles. The summed E-state index contributed by atoms with van der Waals surface area (Å²) in [5.41, 5.74) is 0. The lowest BCUT2D eigenvalue weighted by Gasteiger charge is -2.39. The largest absolute Gasteiger partial charge is 0.412 e. The van der Waals surface area contributed by atoms with Crippen LogP contribution in [0.5, 0.6) is 0 Å². The summed E-state index contributed by atoms with van der Waals surface area (Å²) in [5, 5.41) is 9.15. The number of hydrogen-bond acceptors (Lipinski definition) is 3. The third-order valence-corrected chi connectivity index (χ3v) is 7.61. The molecule has 0 aliphatic rings. The SMILES string of the molecule is COC[C@@H](CCO)O[Si](C)(C)C(C)(C)C. The molecule has 0 fully saturated rings. The van der Waals surface area contributed by atoms with Crippen LogP contribution in [0.4, 0.5) is 0 Å². The zero-order valence-corrected chi connectivity index (χ0v) is 12.0. The van der Waals surface area contributed by atoms with Crippen molar-refractivity contribution >= 4 is 8.32 Å². The first-order valence-electron chi connectivity index (χ1n) is 5.52. The number of rotatable bonds is 6. The molecule has 0 bridgehead atoms. The molecule has 0 spiro atoms. The van der Waals surface area contributed by atoms with E-state index in [0.717, 1.165) is 0 Å². The summed E-state index contributed by atoms with van der Waals surface area (Å²) in [6, 6.07) is 0. The van der Waals surface area contributed by atoms with E-state index in [4.69, 9.17) is 14.3 Å². The molecule has 0 unspecified atom stereocenters. The van der Waals surface area contributed by atoms with Gasteiger partial charge in [-0.1, -0.05) is 20.8 Å². The van der Waals surface area contributed by atoms with Crippen LogP contribution in [0.3, 0.4) is 0 Å². The second-order valence-corrected chi connectivity index (χ2v) is 10.2. The van der Waals surface area contributed by atoms with E-state index in [2.05, 4.69) is 33.9 Å². The lowest BCUT2D eigenvalue weighted by molar-refractivity contribution is 0.0546. The van der Waals surface area contributed by atoms with Crippen LogP contribution < -0.4 is 0 Å². The van der Waals surface area contributed by atoms with Gasteiger partial charge >= 0.3 is 0 Å². The van der Waals surface area contributed by atoms with Gasteiger partial charge in [0.15, 0.2) is 8.32 Å². The zero-order chi connectivity index (χ0) is 12.1. The molecule has 1 atom stereocenters. The molecular formula is C11H26O3Si. The van der Waals surface area contributed by atoms with Gasteiger partial charge in [-0.25, -0.2) is 0 Å². The molecule has 92 valence electrons. The minimum absolute atomic E-state index is 0.0286. The third-order valence-electron chi connectivity index (χ3n) is 3.07. The van der Waals surface area contributed by atoms with Crippen molar-refractivity contribution in [2.24, 2.45) is 0 Å². The zero-order valence-electron chi connectivity index (χ0n) is 11.0. The highest BCUT2D eigenvalue weighted by Gasteiger charge is 2.38. The summed E-state index contributed by atoms with van der Waals surface area (Å²) in [4.78, 5) is 0. The Morgan fingerprint density at radius 1 is 1.27 bits per heavy atom. The number of ether oxygens (including phenoxy) is 1. The number of methoxy groups -OCH3 is 1. The number of aliphatic hydroxyl groups is 1. The van der Waals surface area contributed by atoms with Gasteiger partial charge < -0.3 is 14.3 Å². The van der Waals surface area contributed by atoms with Crippen molar-refractivity contribution in [3.63, 3.8) is 0 Å². The monoisotopic (exact) mass is 234 g/mol. The Labute approximate surface area is 94.9 Å². The van der Waals surface area contributed by atoms with Gasteiger partial charge in [-0.05, 0) is 24.6 Å². The van der Waals surface area contributed by atoms with E-state index in [1.807, 2.05) is 0 Å². The van der Waals surface area contributed by atoms with E-state index in [-0.39, 0.29) is 17.7 Å². The standard InChI is InChI=1S/C11H26O3Si/c1-11(2,3)15(5,6)14-10(7-8-12)9-13-4/h10,12H,7-9H2,1-6H3/t10-/m1/s1. The summed E-state index contributed by atoms with van der Waals surface area (Å²) in [5.74, 6) is 0. The van der Waals surface area contributed by atoms with E-state index in [9.17, 15) is 0 Å². The molecule has 1 N–H and O–H groups in total. The maximum atomic E-state index is 8.94. The molecular weight excluding hydrogens is 208 g/mol. The Morgan fingerprint density at radius 2 is 1.80 bits per heavy atom. The first-order valence-corrected chi connectivity index (χ1v) is 8.43. The molecule has 3 nitrogen and oxygen atoms in total. The average Bonchev–Trinajstić information content (AvgIpc) is 2.02. The molecule has 15 heavy (non-hydrogen) atoms. The van der Waals surface area contributed by atoms with E-state index < -0.39 is 8.32 Å². The second-order valence-electron chi connectivity index (χ2n) is 5.47. The third kappa shape index (κ3) is 5.11. The fourth-order valence-corrected chi connectivity index (χ4v) is 2.47. The smallest absolute Gasteiger partial charge is 0.192 e. The minimum atomic E-state index is -1.73. The van der Waals surface area contributed by atoms with Gasteiger partial charge in [0, 0.05) is 13.7 Å². The van der Waals surface area contributed by atoms with E-state index in [1.54, 1.807) is 7.11 Å². The topological polar surface area (TPSA) is 38.7 Å². The van der Waals surface area contributed by atoms with Gasteiger partial charge in [0.25, 0.3) is 0 Å². The van der Waals surface area contributed by atoms with Gasteiger partial charge in [0.2, 0.25) is 0 Å². The molecule has 0 amide bonds. The van der Waals surface area contributed by atoms with Crippen LogP contribution in [0, 0.1) is 0 Å². The van der Waals surface area contributed by atoms with Crippen molar-refractivity contribution in [2.45, 2.75) is 51.4 Å². The molecule has 0 aromatic rings. The van der Waals surface area contributed by atoms with Crippen molar-refractivity contribution in [3.05, 3.63) is 0 Å². The highest BCUT2D eigenvalue weighted by molar-refractivity contribution is 6.74. The van der Waals surface area contributed by atoms with Crippen LogP contribution in [0.2, 0.25) is 18.1 Å². The van der Waals surface area contributed by atoms with E-state index in [1.165, 1.54) is 0 Å². The fourth-order valence-electron chi connectivity index (χ4n) is 1.10. The van der Waals surface area contributed by atoms with Gasteiger partial charge in [-0.15, -0.1) is 0 Å². The van der Waals surface area contributed by atoms with Crippen LogP contribution in [-0.2, 0) is 9.16 Å². The van der Waals surface area contributed by atoms with Gasteiger partial charge in [-0.3, -0.25) is 0 Å². The predicted molar refractivity (Wildman–Crippen MR) is 65.6 cm³/mol. The summed E-state index contributed by atoms with van der Waals surface area (Å²) in [6.45, 7) is 11.8. The van der Waals surface area contributed by atoms with Crippen LogP contribution in [0.1, 0.15) is 27.2 Å². The Hall–Kier alpha value is 0.0969. The average molecular weight is 234 g/mol. The minimum Gasteiger partial charge on any atom is -0.412 e. The molecule has 0 rings (SSSR count). The van der Waals surface area contributed by atoms with Crippen LogP contribution >= 0.6 is 0 Å². The Morgan fingerprint density at radius 3 is 2.13 bits per heavy atom. The Bertz CT molecular complexity index is 169. The highest BCUT2D eigenvalue weighted by Crippen LogP contribution is 2.37. The van der Waals surface area contributed by atoms with Gasteiger partial charge in [0.05, 0.1) is 12.7 Å². The van der Waals surface area contributed by atoms with Crippen LogP contribution in [0.15, 0.2) is 0 Å². The van der Waals surface area contributed by atoms with Gasteiger partial charge in [0.1, 0.15) is 0 Å². The molecule has 0 saturated heterocycles. The predicted octanol–water partition coefficient (Wildman–Crippen LogP) is 2.41. The van der Waals surface area contributed by atoms with Crippen molar-refractivity contribution < 1.29 is 14.3 Å². The molecule has 0 saturated carbocycles. The summed E-state index contributed by atoms with van der Waals surface area (Å²) >= 11 is 0. The van der Waals surface area contributed by atoms with Crippen molar-refractivity contribution in [2.75, 3.05) is 20.3 Å². The lowest BCUT2D eigenvalue weighted by atomic mass is 10.2. The van der Waals surface area contributed by atoms with Crippen LogP contribution in [-0.4, -0.2) is 39.9 Å². The van der Waals surface area contributed by atoms with Crippen molar-refractivity contribution in [3.8, 4) is 0 Å². The summed E-state index contributed by atoms with van der Waals surface area (Å²) in [7, 11) is -0.0675. The molecule has 4 heteroatoms. The normalized spacial score (nSPS) is 15.4. The molecule has 0 aliphatic heterocycles. The molecule has 0 radical (unpaired) electrons. The van der Waals surface area contributed by atoms with Crippen molar-refractivity contribution in [1.29, 1.82) is 0 Å². The number of aliphatic hydroxyl groups excluding tert-OH is 1. The Balaban J connectivity index is 4.37. The van der Waals surface area contributed by atoms with Crippen LogP contribution in [0.25, 0.3) is 0 Å². The number of hydrogen-bond donors (Lipinski definition) is 1. The Kier molecular flexibility index (Phi) is 6.03. The van der Waals surface area contributed by atoms with E-state index in [0.29, 0.717) is 13.0 Å². The molecule has 0 heterocycles. The second kappa shape index (κ2) is 5.99. The lowest BCUT2D eigenvalue weighted by Crippen LogP contribution is -2.45. The summed E-state index contributed by atoms with van der Waals surface area (Å²) in [6.07, 6.45) is 0.682. The first kappa shape index (κ1) is 15.1. The quantitative estimate of drug-likeness (QED) is 0.717. The maximum absolute atomic E-state index is 8.94. The first-order chi connectivity index (χ1) is 6.74. The fraction of sp³-hybridized carbons (Fsp3) is 1.00. The molecule has 0 aliphatic carbocycles. The van der Waals surface area contributed by atoms with E-state index >= 15 is 0 Å². The van der Waals surface area contributed by atoms with Crippen molar-refractivity contribution in [1.82, 2.24) is 0 Å². The highest BCUT2D eigenvalue weighted by atomic mass is 28.4.